The first-order chi connectivity index (χ1) is 8.29. The summed E-state index contributed by atoms with van der Waals surface area (Å²) in [5.74, 6) is 0.276. The van der Waals surface area contributed by atoms with Crippen molar-refractivity contribution < 1.29 is 4.79 Å². The van der Waals surface area contributed by atoms with E-state index in [1.807, 2.05) is 0 Å². The molecule has 3 aliphatic rings. The van der Waals surface area contributed by atoms with E-state index < -0.39 is 0 Å². The van der Waals surface area contributed by atoms with Crippen molar-refractivity contribution in [3.8, 4) is 0 Å². The minimum Gasteiger partial charge on any atom is -0.355 e. The molecule has 1 saturated carbocycles. The van der Waals surface area contributed by atoms with Crippen molar-refractivity contribution in [1.82, 2.24) is 10.2 Å². The molecule has 1 N–H and O–H groups in total. The Morgan fingerprint density at radius 1 is 1.12 bits per heavy atom. The van der Waals surface area contributed by atoms with Crippen LogP contribution in [0.15, 0.2) is 0 Å². The molecule has 0 radical (unpaired) electrons. The van der Waals surface area contributed by atoms with E-state index in [0.29, 0.717) is 5.41 Å². The highest BCUT2D eigenvalue weighted by atomic mass is 16.2. The Morgan fingerprint density at radius 3 is 2.59 bits per heavy atom. The van der Waals surface area contributed by atoms with Gasteiger partial charge in [-0.15, -0.1) is 0 Å². The molecule has 0 aromatic heterocycles. The first-order valence-electron chi connectivity index (χ1n) is 7.31. The number of piperidine rings is 1. The van der Waals surface area contributed by atoms with Gasteiger partial charge in [0.1, 0.15) is 0 Å². The molecule has 1 spiro atoms. The number of hydrogen-bond donors (Lipinski definition) is 1. The second-order valence-corrected chi connectivity index (χ2v) is 6.23. The van der Waals surface area contributed by atoms with Gasteiger partial charge < -0.3 is 5.32 Å². The van der Waals surface area contributed by atoms with Crippen molar-refractivity contribution in [2.45, 2.75) is 57.4 Å². The van der Waals surface area contributed by atoms with Crippen LogP contribution in [-0.2, 0) is 4.79 Å². The lowest BCUT2D eigenvalue weighted by atomic mass is 9.69. The molecule has 0 aromatic carbocycles. The van der Waals surface area contributed by atoms with Gasteiger partial charge in [0.2, 0.25) is 5.91 Å². The number of rotatable bonds is 1. The van der Waals surface area contributed by atoms with Crippen molar-refractivity contribution in [3.63, 3.8) is 0 Å². The lowest BCUT2D eigenvalue weighted by Gasteiger charge is -2.46. The molecule has 2 aliphatic heterocycles. The number of nitrogens with one attached hydrogen (secondary N) is 1. The average molecular weight is 236 g/mol. The fraction of sp³-hybridized carbons (Fsp3) is 0.929. The van der Waals surface area contributed by atoms with E-state index in [1.165, 1.54) is 51.5 Å². The van der Waals surface area contributed by atoms with Gasteiger partial charge in [-0.05, 0) is 44.1 Å². The third-order valence-corrected chi connectivity index (χ3v) is 5.07. The van der Waals surface area contributed by atoms with E-state index in [-0.39, 0.29) is 11.9 Å². The highest BCUT2D eigenvalue weighted by Crippen LogP contribution is 2.43. The van der Waals surface area contributed by atoms with Crippen molar-refractivity contribution in [2.75, 3.05) is 19.6 Å². The third kappa shape index (κ3) is 2.22. The van der Waals surface area contributed by atoms with Crippen LogP contribution in [-0.4, -0.2) is 36.5 Å². The maximum Gasteiger partial charge on any atom is 0.237 e. The minimum absolute atomic E-state index is 0.189. The molecular weight excluding hydrogens is 212 g/mol. The van der Waals surface area contributed by atoms with Crippen molar-refractivity contribution >= 4 is 5.91 Å². The molecule has 2 heterocycles. The van der Waals surface area contributed by atoms with Crippen LogP contribution in [0.25, 0.3) is 0 Å². The fourth-order valence-electron chi connectivity index (χ4n) is 4.15. The Hall–Kier alpha value is -0.570. The lowest BCUT2D eigenvalue weighted by Crippen LogP contribution is -2.50. The van der Waals surface area contributed by atoms with E-state index in [4.69, 9.17) is 0 Å². The standard InChI is InChI=1S/C14H24N2O/c17-13-12(5-9-15-13)16-10-4-8-14(11-16)6-2-1-3-7-14/h12H,1-11H2,(H,15,17). The van der Waals surface area contributed by atoms with Gasteiger partial charge >= 0.3 is 0 Å². The molecule has 96 valence electrons. The van der Waals surface area contributed by atoms with Gasteiger partial charge in [0.05, 0.1) is 6.04 Å². The second-order valence-electron chi connectivity index (χ2n) is 6.23. The van der Waals surface area contributed by atoms with Crippen molar-refractivity contribution in [3.05, 3.63) is 0 Å². The van der Waals surface area contributed by atoms with E-state index in [1.54, 1.807) is 0 Å². The third-order valence-electron chi connectivity index (χ3n) is 5.07. The van der Waals surface area contributed by atoms with Crippen LogP contribution in [0.3, 0.4) is 0 Å². The second kappa shape index (κ2) is 4.60. The number of nitrogens with zero attached hydrogens (tertiary/aromatic N) is 1. The largest absolute Gasteiger partial charge is 0.355 e. The smallest absolute Gasteiger partial charge is 0.237 e. The Bertz CT molecular complexity index is 291. The van der Waals surface area contributed by atoms with Crippen LogP contribution in [0.4, 0.5) is 0 Å². The highest BCUT2D eigenvalue weighted by Gasteiger charge is 2.40. The van der Waals surface area contributed by atoms with Gasteiger partial charge in [-0.3, -0.25) is 9.69 Å². The molecule has 17 heavy (non-hydrogen) atoms. The van der Waals surface area contributed by atoms with Crippen LogP contribution >= 0.6 is 0 Å². The maximum atomic E-state index is 11.8. The van der Waals surface area contributed by atoms with Gasteiger partial charge in [0.15, 0.2) is 0 Å². The number of carbonyl (C=O) groups is 1. The first kappa shape index (κ1) is 11.5. The molecule has 1 atom stereocenters. The molecule has 3 nitrogen and oxygen atoms in total. The Kier molecular flexibility index (Phi) is 3.12. The molecule has 1 amide bonds. The molecule has 3 heteroatoms. The summed E-state index contributed by atoms with van der Waals surface area (Å²) >= 11 is 0. The molecule has 3 fully saturated rings. The lowest BCUT2D eigenvalue weighted by molar-refractivity contribution is -0.125. The van der Waals surface area contributed by atoms with Crippen LogP contribution < -0.4 is 5.32 Å². The summed E-state index contributed by atoms with van der Waals surface area (Å²) in [6, 6.07) is 0.189. The summed E-state index contributed by atoms with van der Waals surface area (Å²) < 4.78 is 0. The predicted octanol–water partition coefficient (Wildman–Crippen LogP) is 1.92. The van der Waals surface area contributed by atoms with Gasteiger partial charge in [-0.1, -0.05) is 19.3 Å². The normalized spacial score (nSPS) is 33.9. The molecule has 0 aromatic rings. The number of likely N-dealkylation sites (tertiary alicyclic amines) is 1. The van der Waals surface area contributed by atoms with E-state index in [9.17, 15) is 4.79 Å². The van der Waals surface area contributed by atoms with Crippen LogP contribution in [0, 0.1) is 5.41 Å². The Morgan fingerprint density at radius 2 is 1.88 bits per heavy atom. The van der Waals surface area contributed by atoms with Gasteiger partial charge in [-0.25, -0.2) is 0 Å². The molecule has 0 bridgehead atoms. The van der Waals surface area contributed by atoms with Crippen molar-refractivity contribution in [2.24, 2.45) is 5.41 Å². The molecule has 1 unspecified atom stereocenters. The molecule has 2 saturated heterocycles. The summed E-state index contributed by atoms with van der Waals surface area (Å²) in [6.07, 6.45) is 10.8. The summed E-state index contributed by atoms with van der Waals surface area (Å²) in [5.41, 5.74) is 0.569. The minimum atomic E-state index is 0.189. The predicted molar refractivity (Wildman–Crippen MR) is 67.7 cm³/mol. The molecular formula is C14H24N2O. The topological polar surface area (TPSA) is 32.3 Å². The zero-order valence-corrected chi connectivity index (χ0v) is 10.7. The zero-order chi connectivity index (χ0) is 11.7. The van der Waals surface area contributed by atoms with E-state index in [2.05, 4.69) is 10.2 Å². The first-order valence-corrected chi connectivity index (χ1v) is 7.31. The van der Waals surface area contributed by atoms with E-state index >= 15 is 0 Å². The van der Waals surface area contributed by atoms with E-state index in [0.717, 1.165) is 19.5 Å². The number of amides is 1. The molecule has 1 aliphatic carbocycles. The SMILES string of the molecule is O=C1NCCC1N1CCCC2(CCCCC2)C1. The van der Waals surface area contributed by atoms with Crippen LogP contribution in [0.2, 0.25) is 0 Å². The molecule has 3 rings (SSSR count). The van der Waals surface area contributed by atoms with Gasteiger partial charge in [-0.2, -0.15) is 0 Å². The highest BCUT2D eigenvalue weighted by molar-refractivity contribution is 5.83. The fourth-order valence-corrected chi connectivity index (χ4v) is 4.15. The number of carbonyl (C=O) groups excluding carboxylic acids is 1. The van der Waals surface area contributed by atoms with Gasteiger partial charge in [0, 0.05) is 13.1 Å². The van der Waals surface area contributed by atoms with Crippen LogP contribution in [0.5, 0.6) is 0 Å². The summed E-state index contributed by atoms with van der Waals surface area (Å²) in [5, 5.41) is 2.98. The quantitative estimate of drug-likeness (QED) is 0.754. The zero-order valence-electron chi connectivity index (χ0n) is 10.7. The summed E-state index contributed by atoms with van der Waals surface area (Å²) in [6.45, 7) is 3.21. The number of hydrogen-bond acceptors (Lipinski definition) is 2. The van der Waals surface area contributed by atoms with Gasteiger partial charge in [0.25, 0.3) is 0 Å². The Labute approximate surface area is 104 Å². The average Bonchev–Trinajstić information content (AvgIpc) is 2.77. The Balaban J connectivity index is 1.68. The summed E-state index contributed by atoms with van der Waals surface area (Å²) in [4.78, 5) is 14.3. The van der Waals surface area contributed by atoms with Crippen LogP contribution in [0.1, 0.15) is 51.4 Å². The maximum absolute atomic E-state index is 11.8. The van der Waals surface area contributed by atoms with Crippen molar-refractivity contribution in [1.29, 1.82) is 0 Å². The summed E-state index contributed by atoms with van der Waals surface area (Å²) in [7, 11) is 0. The monoisotopic (exact) mass is 236 g/mol.